The van der Waals surface area contributed by atoms with E-state index in [1.54, 1.807) is 12.3 Å². The van der Waals surface area contributed by atoms with Crippen molar-refractivity contribution in [1.29, 1.82) is 5.26 Å². The molecule has 5 heterocycles. The van der Waals surface area contributed by atoms with Crippen molar-refractivity contribution in [2.75, 3.05) is 51.3 Å². The number of amides is 1. The number of nitrogens with zero attached hydrogens (tertiary/aromatic N) is 4. The number of aromatic amines is 1. The predicted octanol–water partition coefficient (Wildman–Crippen LogP) is 3.06. The third-order valence-electron chi connectivity index (χ3n) is 8.12. The Labute approximate surface area is 225 Å². The molecule has 0 bridgehead atoms. The van der Waals surface area contributed by atoms with E-state index in [9.17, 15) is 10.1 Å². The normalized spacial score (nSPS) is 21.5. The molecule has 3 N–H and O–H groups in total. The van der Waals surface area contributed by atoms with Crippen LogP contribution in [0.2, 0.25) is 0 Å². The van der Waals surface area contributed by atoms with Gasteiger partial charge in [-0.25, -0.2) is 4.98 Å². The molecule has 11 nitrogen and oxygen atoms in total. The van der Waals surface area contributed by atoms with Gasteiger partial charge in [-0.1, -0.05) is 0 Å². The summed E-state index contributed by atoms with van der Waals surface area (Å²) in [6.07, 6.45) is 5.85. The molecule has 3 fully saturated rings. The molecule has 1 aliphatic carbocycles. The average Bonchev–Trinajstić information content (AvgIpc) is 3.76. The van der Waals surface area contributed by atoms with Crippen molar-refractivity contribution >= 4 is 28.6 Å². The number of benzene rings is 1. The molecule has 202 valence electrons. The van der Waals surface area contributed by atoms with E-state index in [1.165, 1.54) is 0 Å². The number of rotatable bonds is 5. The zero-order chi connectivity index (χ0) is 26.3. The first-order valence-corrected chi connectivity index (χ1v) is 13.8. The van der Waals surface area contributed by atoms with Crippen LogP contribution < -0.4 is 20.1 Å². The Kier molecular flexibility index (Phi) is 6.21. The van der Waals surface area contributed by atoms with Gasteiger partial charge < -0.3 is 34.7 Å². The molecule has 3 aromatic rings. The smallest absolute Gasteiger partial charge is 0.257 e. The number of carbonyl (C=O) groups excluding carboxylic acids is 1. The SMILES string of the molecule is N#Cc1c[nH]c2nc(Nc3ccc(C(=O)N4CCC(C5CNCCO5)CC4)c4c3OCCO4)nc(C3CC3)c12. The van der Waals surface area contributed by atoms with Crippen molar-refractivity contribution in [2.45, 2.75) is 37.7 Å². The van der Waals surface area contributed by atoms with Gasteiger partial charge in [-0.2, -0.15) is 10.2 Å². The molecule has 2 saturated heterocycles. The van der Waals surface area contributed by atoms with Gasteiger partial charge in [0.2, 0.25) is 5.95 Å². The van der Waals surface area contributed by atoms with Crippen LogP contribution in [0.25, 0.3) is 11.0 Å². The fourth-order valence-corrected chi connectivity index (χ4v) is 5.91. The summed E-state index contributed by atoms with van der Waals surface area (Å²) in [6.45, 7) is 4.68. The number of nitrogens with one attached hydrogen (secondary N) is 3. The molecule has 1 atom stereocenters. The topological polar surface area (TPSA) is 137 Å². The van der Waals surface area contributed by atoms with Gasteiger partial charge in [-0.05, 0) is 43.7 Å². The fraction of sp³-hybridized carbons (Fsp3) is 0.500. The summed E-state index contributed by atoms with van der Waals surface area (Å²) < 4.78 is 18.0. The molecule has 39 heavy (non-hydrogen) atoms. The van der Waals surface area contributed by atoms with Crippen LogP contribution in [0.3, 0.4) is 0 Å². The minimum Gasteiger partial charge on any atom is -0.485 e. The van der Waals surface area contributed by atoms with E-state index in [-0.39, 0.29) is 12.0 Å². The van der Waals surface area contributed by atoms with E-state index in [1.807, 2.05) is 11.0 Å². The lowest BCUT2D eigenvalue weighted by Gasteiger charge is -2.38. The molecule has 3 aliphatic heterocycles. The van der Waals surface area contributed by atoms with Gasteiger partial charge in [0.05, 0.1) is 40.6 Å². The quantitative estimate of drug-likeness (QED) is 0.455. The molecule has 4 aliphatic rings. The number of H-pyrrole nitrogens is 1. The van der Waals surface area contributed by atoms with Crippen LogP contribution in [0.1, 0.15) is 53.2 Å². The van der Waals surface area contributed by atoms with Crippen LogP contribution in [-0.4, -0.2) is 77.9 Å². The Bertz CT molecular complexity index is 1450. The zero-order valence-corrected chi connectivity index (χ0v) is 21.7. The summed E-state index contributed by atoms with van der Waals surface area (Å²) in [5.41, 5.74) is 3.21. The molecule has 1 saturated carbocycles. The Morgan fingerprint density at radius 1 is 1.08 bits per heavy atom. The first-order chi connectivity index (χ1) is 19.2. The van der Waals surface area contributed by atoms with Crippen molar-refractivity contribution in [3.63, 3.8) is 0 Å². The van der Waals surface area contributed by atoms with Gasteiger partial charge in [-0.15, -0.1) is 0 Å². The van der Waals surface area contributed by atoms with Crippen molar-refractivity contribution in [2.24, 2.45) is 5.92 Å². The van der Waals surface area contributed by atoms with E-state index in [2.05, 4.69) is 26.7 Å². The number of anilines is 2. The maximum atomic E-state index is 13.6. The lowest BCUT2D eigenvalue weighted by molar-refractivity contribution is -0.0255. The number of hydrogen-bond donors (Lipinski definition) is 3. The van der Waals surface area contributed by atoms with Gasteiger partial charge in [0.15, 0.2) is 11.5 Å². The number of piperidine rings is 1. The second-order valence-corrected chi connectivity index (χ2v) is 10.6. The monoisotopic (exact) mass is 529 g/mol. The molecule has 2 aromatic heterocycles. The maximum absolute atomic E-state index is 13.6. The number of aromatic nitrogens is 3. The molecule has 0 spiro atoms. The predicted molar refractivity (Wildman–Crippen MR) is 143 cm³/mol. The first kappa shape index (κ1) is 24.2. The molecule has 1 unspecified atom stereocenters. The van der Waals surface area contributed by atoms with E-state index in [0.29, 0.717) is 78.0 Å². The number of fused-ring (bicyclic) bond motifs is 2. The Hall–Kier alpha value is -3.88. The highest BCUT2D eigenvalue weighted by Gasteiger charge is 2.33. The summed E-state index contributed by atoms with van der Waals surface area (Å²) in [4.78, 5) is 28.0. The van der Waals surface area contributed by atoms with Crippen molar-refractivity contribution < 1.29 is 19.0 Å². The highest BCUT2D eigenvalue weighted by molar-refractivity contribution is 5.99. The second-order valence-electron chi connectivity index (χ2n) is 10.6. The summed E-state index contributed by atoms with van der Waals surface area (Å²) in [5, 5.41) is 17.0. The van der Waals surface area contributed by atoms with E-state index in [4.69, 9.17) is 19.2 Å². The van der Waals surface area contributed by atoms with Crippen LogP contribution in [0.4, 0.5) is 11.6 Å². The van der Waals surface area contributed by atoms with Gasteiger partial charge in [0.1, 0.15) is 24.9 Å². The van der Waals surface area contributed by atoms with Crippen LogP contribution >= 0.6 is 0 Å². The van der Waals surface area contributed by atoms with Crippen LogP contribution in [0.5, 0.6) is 11.5 Å². The molecule has 1 aromatic carbocycles. The minimum atomic E-state index is -0.0476. The Morgan fingerprint density at radius 2 is 1.90 bits per heavy atom. The van der Waals surface area contributed by atoms with E-state index >= 15 is 0 Å². The molecular formula is C28H31N7O4. The number of hydrogen-bond acceptors (Lipinski definition) is 9. The molecule has 7 rings (SSSR count). The summed E-state index contributed by atoms with van der Waals surface area (Å²) in [5.74, 6) is 2.10. The summed E-state index contributed by atoms with van der Waals surface area (Å²) >= 11 is 0. The first-order valence-electron chi connectivity index (χ1n) is 13.8. The Morgan fingerprint density at radius 3 is 2.64 bits per heavy atom. The van der Waals surface area contributed by atoms with Gasteiger partial charge in [0.25, 0.3) is 5.91 Å². The average molecular weight is 530 g/mol. The number of morpholine rings is 1. The van der Waals surface area contributed by atoms with Gasteiger partial charge in [0, 0.05) is 38.3 Å². The molecular weight excluding hydrogens is 498 g/mol. The van der Waals surface area contributed by atoms with Crippen molar-refractivity contribution in [3.8, 4) is 17.6 Å². The molecule has 0 radical (unpaired) electrons. The number of carbonyl (C=O) groups is 1. The molecule has 1 amide bonds. The third kappa shape index (κ3) is 4.53. The van der Waals surface area contributed by atoms with Gasteiger partial charge in [-0.3, -0.25) is 4.79 Å². The van der Waals surface area contributed by atoms with Gasteiger partial charge >= 0.3 is 0 Å². The highest BCUT2D eigenvalue weighted by Crippen LogP contribution is 2.45. The van der Waals surface area contributed by atoms with Crippen LogP contribution in [0.15, 0.2) is 18.3 Å². The summed E-state index contributed by atoms with van der Waals surface area (Å²) in [6, 6.07) is 5.85. The third-order valence-corrected chi connectivity index (χ3v) is 8.12. The van der Waals surface area contributed by atoms with E-state index in [0.717, 1.165) is 56.5 Å². The van der Waals surface area contributed by atoms with Crippen molar-refractivity contribution in [1.82, 2.24) is 25.2 Å². The number of ether oxygens (including phenoxy) is 3. The fourth-order valence-electron chi connectivity index (χ4n) is 5.91. The zero-order valence-electron chi connectivity index (χ0n) is 21.7. The lowest BCUT2D eigenvalue weighted by Crippen LogP contribution is -2.47. The highest BCUT2D eigenvalue weighted by atomic mass is 16.6. The molecule has 11 heteroatoms. The maximum Gasteiger partial charge on any atom is 0.257 e. The van der Waals surface area contributed by atoms with Crippen LogP contribution in [0, 0.1) is 17.2 Å². The largest absolute Gasteiger partial charge is 0.485 e. The second kappa shape index (κ2) is 10.0. The van der Waals surface area contributed by atoms with Crippen molar-refractivity contribution in [3.05, 3.63) is 35.2 Å². The minimum absolute atomic E-state index is 0.0476. The van der Waals surface area contributed by atoms with Crippen LogP contribution in [-0.2, 0) is 4.74 Å². The number of nitriles is 1. The van der Waals surface area contributed by atoms with E-state index < -0.39 is 0 Å². The number of likely N-dealkylation sites (tertiary alicyclic amines) is 1. The Balaban J connectivity index is 1.13. The lowest BCUT2D eigenvalue weighted by atomic mass is 9.90. The standard InChI is InChI=1S/C28H31N7O4/c29-13-18-14-31-26-22(18)23(17-1-2-17)33-28(34-26)32-20-4-3-19(24-25(20)39-12-11-38-24)27(36)35-8-5-16(6-9-35)21-15-30-7-10-37-21/h3-4,14,16-17,21,30H,1-2,5-12,15H2,(H2,31,32,33,34). The summed E-state index contributed by atoms with van der Waals surface area (Å²) in [7, 11) is 0.